The Morgan fingerprint density at radius 3 is 3.00 bits per heavy atom. The van der Waals surface area contributed by atoms with E-state index in [0.717, 1.165) is 5.17 Å². The molecule has 0 spiro atoms. The molecule has 1 unspecified atom stereocenters. The smallest absolute Gasteiger partial charge is 0.141 e. The molecule has 0 fully saturated rings. The van der Waals surface area contributed by atoms with Gasteiger partial charge in [0.2, 0.25) is 0 Å². The van der Waals surface area contributed by atoms with E-state index in [1.807, 2.05) is 13.0 Å². The summed E-state index contributed by atoms with van der Waals surface area (Å²) < 4.78 is 0. The number of rotatable bonds is 2. The third kappa shape index (κ3) is 1.80. The van der Waals surface area contributed by atoms with E-state index in [9.17, 15) is 0 Å². The molecular formula is C6H9ClN4O. The van der Waals surface area contributed by atoms with E-state index >= 15 is 0 Å². The van der Waals surface area contributed by atoms with Crippen molar-refractivity contribution in [1.29, 1.82) is 5.26 Å². The molecule has 12 heavy (non-hydrogen) atoms. The first-order valence-electron chi connectivity index (χ1n) is 3.43. The van der Waals surface area contributed by atoms with E-state index in [-0.39, 0.29) is 6.04 Å². The number of nitriles is 1. The van der Waals surface area contributed by atoms with Crippen LogP contribution in [-0.4, -0.2) is 21.4 Å². The van der Waals surface area contributed by atoms with Gasteiger partial charge >= 0.3 is 0 Å². The van der Waals surface area contributed by atoms with Gasteiger partial charge in [0.15, 0.2) is 0 Å². The minimum absolute atomic E-state index is 0.0732. The van der Waals surface area contributed by atoms with E-state index in [0.29, 0.717) is 11.6 Å². The van der Waals surface area contributed by atoms with Crippen LogP contribution in [0.1, 0.15) is 13.3 Å². The van der Waals surface area contributed by atoms with E-state index in [1.54, 1.807) is 0 Å². The third-order valence-electron chi connectivity index (χ3n) is 1.50. The lowest BCUT2D eigenvalue weighted by Gasteiger charge is -2.24. The number of hydrogen-bond donors (Lipinski definition) is 2. The lowest BCUT2D eigenvalue weighted by molar-refractivity contribution is -0.125. The summed E-state index contributed by atoms with van der Waals surface area (Å²) in [5.74, 6) is 0. The summed E-state index contributed by atoms with van der Waals surface area (Å²) in [6, 6.07) is 1.94. The minimum atomic E-state index is -0.0732. The van der Waals surface area contributed by atoms with Gasteiger partial charge in [-0.15, -0.1) is 5.53 Å². The molecule has 0 amide bonds. The second-order valence-electron chi connectivity index (χ2n) is 2.48. The Kier molecular flexibility index (Phi) is 2.76. The molecule has 1 heterocycles. The van der Waals surface area contributed by atoms with Crippen LogP contribution in [0.15, 0.2) is 11.4 Å². The van der Waals surface area contributed by atoms with Gasteiger partial charge in [-0.05, 0) is 6.92 Å². The predicted molar refractivity (Wildman–Crippen MR) is 42.2 cm³/mol. The molecule has 1 rings (SSSR count). The average Bonchev–Trinajstić information content (AvgIpc) is 2.30. The molecule has 0 aromatic heterocycles. The van der Waals surface area contributed by atoms with Gasteiger partial charge in [0.05, 0.1) is 24.7 Å². The van der Waals surface area contributed by atoms with Gasteiger partial charge in [-0.3, -0.25) is 10.2 Å². The summed E-state index contributed by atoms with van der Waals surface area (Å²) in [6.45, 7) is 1.82. The number of nitrogens with one attached hydrogen (secondary N) is 1. The molecule has 6 heteroatoms. The lowest BCUT2D eigenvalue weighted by atomic mass is 10.2. The zero-order chi connectivity index (χ0) is 9.14. The molecular weight excluding hydrogens is 180 g/mol. The van der Waals surface area contributed by atoms with Crippen LogP contribution in [0, 0.1) is 11.3 Å². The molecule has 2 N–H and O–H groups in total. The Labute approximate surface area is 75.3 Å². The van der Waals surface area contributed by atoms with Crippen LogP contribution in [0.25, 0.3) is 0 Å². The van der Waals surface area contributed by atoms with E-state index in [1.165, 1.54) is 11.2 Å². The van der Waals surface area contributed by atoms with Crippen LogP contribution in [-0.2, 0) is 0 Å². The van der Waals surface area contributed by atoms with Crippen molar-refractivity contribution in [3.63, 3.8) is 0 Å². The SMILES string of the molecule is CC(CC#N)N1NN(O)C=C1Cl. The fourth-order valence-electron chi connectivity index (χ4n) is 0.883. The van der Waals surface area contributed by atoms with Crippen LogP contribution in [0.2, 0.25) is 0 Å². The molecule has 66 valence electrons. The molecule has 5 nitrogen and oxygen atoms in total. The Morgan fingerprint density at radius 2 is 2.58 bits per heavy atom. The summed E-state index contributed by atoms with van der Waals surface area (Å²) in [5.41, 5.74) is 2.53. The minimum Gasteiger partial charge on any atom is -0.273 e. The highest BCUT2D eigenvalue weighted by Crippen LogP contribution is 2.17. The molecule has 1 aliphatic heterocycles. The van der Waals surface area contributed by atoms with Crippen LogP contribution >= 0.6 is 11.6 Å². The summed E-state index contributed by atoms with van der Waals surface area (Å²) in [5, 5.41) is 19.9. The van der Waals surface area contributed by atoms with Gasteiger partial charge in [-0.2, -0.15) is 10.4 Å². The van der Waals surface area contributed by atoms with Crippen LogP contribution in [0.3, 0.4) is 0 Å². The quantitative estimate of drug-likeness (QED) is 0.627. The first-order valence-corrected chi connectivity index (χ1v) is 3.81. The summed E-state index contributed by atoms with van der Waals surface area (Å²) >= 11 is 5.72. The van der Waals surface area contributed by atoms with Gasteiger partial charge in [-0.25, -0.2) is 0 Å². The second-order valence-corrected chi connectivity index (χ2v) is 2.86. The van der Waals surface area contributed by atoms with Crippen molar-refractivity contribution in [3.8, 4) is 6.07 Å². The van der Waals surface area contributed by atoms with E-state index < -0.39 is 0 Å². The van der Waals surface area contributed by atoms with Crippen molar-refractivity contribution in [2.45, 2.75) is 19.4 Å². The van der Waals surface area contributed by atoms with Crippen molar-refractivity contribution in [1.82, 2.24) is 15.7 Å². The molecule has 0 aromatic rings. The van der Waals surface area contributed by atoms with Gasteiger partial charge in [0, 0.05) is 0 Å². The molecule has 1 atom stereocenters. The molecule has 1 aliphatic rings. The average molecular weight is 189 g/mol. The fourth-order valence-corrected chi connectivity index (χ4v) is 1.18. The standard InChI is InChI=1S/C6H9ClN4O/c1-5(2-3-8)11-6(7)4-10(12)9-11/h4-5,9,12H,2H2,1H3. The summed E-state index contributed by atoms with van der Waals surface area (Å²) in [4.78, 5) is 0. The zero-order valence-electron chi connectivity index (χ0n) is 6.53. The van der Waals surface area contributed by atoms with Crippen molar-refractivity contribution < 1.29 is 5.21 Å². The number of hydroxylamine groups is 1. The summed E-state index contributed by atoms with van der Waals surface area (Å²) in [6.07, 6.45) is 1.65. The fraction of sp³-hybridized carbons (Fsp3) is 0.500. The van der Waals surface area contributed by atoms with Crippen molar-refractivity contribution in [2.75, 3.05) is 0 Å². The topological polar surface area (TPSA) is 62.5 Å². The highest BCUT2D eigenvalue weighted by molar-refractivity contribution is 6.29. The number of hydrogen-bond acceptors (Lipinski definition) is 5. The highest BCUT2D eigenvalue weighted by Gasteiger charge is 2.22. The molecule has 0 aromatic carbocycles. The molecule has 0 saturated heterocycles. The Hall–Kier alpha value is -0.960. The largest absolute Gasteiger partial charge is 0.273 e. The first-order chi connectivity index (χ1) is 5.65. The van der Waals surface area contributed by atoms with Gasteiger partial charge in [-0.1, -0.05) is 11.6 Å². The molecule has 0 saturated carbocycles. The number of hydrazine groups is 2. The van der Waals surface area contributed by atoms with Gasteiger partial charge in [0.25, 0.3) is 0 Å². The normalized spacial score (nSPS) is 19.0. The Morgan fingerprint density at radius 1 is 1.92 bits per heavy atom. The van der Waals surface area contributed by atoms with Gasteiger partial charge < -0.3 is 0 Å². The molecule has 0 radical (unpaired) electrons. The zero-order valence-corrected chi connectivity index (χ0v) is 7.28. The number of halogens is 1. The van der Waals surface area contributed by atoms with Crippen molar-refractivity contribution in [3.05, 3.63) is 11.4 Å². The third-order valence-corrected chi connectivity index (χ3v) is 1.78. The van der Waals surface area contributed by atoms with Gasteiger partial charge in [0.1, 0.15) is 5.16 Å². The highest BCUT2D eigenvalue weighted by atomic mass is 35.5. The maximum Gasteiger partial charge on any atom is 0.141 e. The maximum atomic E-state index is 8.92. The Balaban J connectivity index is 2.56. The van der Waals surface area contributed by atoms with Crippen molar-refractivity contribution in [2.24, 2.45) is 0 Å². The second kappa shape index (κ2) is 3.63. The van der Waals surface area contributed by atoms with Crippen molar-refractivity contribution >= 4 is 11.6 Å². The van der Waals surface area contributed by atoms with E-state index in [2.05, 4.69) is 5.53 Å². The summed E-state index contributed by atoms with van der Waals surface area (Å²) in [7, 11) is 0. The predicted octanol–water partition coefficient (Wildman–Crippen LogP) is 0.753. The molecule has 0 bridgehead atoms. The van der Waals surface area contributed by atoms with Crippen LogP contribution in [0.4, 0.5) is 0 Å². The van der Waals surface area contributed by atoms with Crippen LogP contribution in [0.5, 0.6) is 0 Å². The maximum absolute atomic E-state index is 8.92. The Bertz CT molecular complexity index is 236. The van der Waals surface area contributed by atoms with E-state index in [4.69, 9.17) is 22.1 Å². The monoisotopic (exact) mass is 188 g/mol. The first kappa shape index (κ1) is 9.13. The number of nitrogens with zero attached hydrogens (tertiary/aromatic N) is 3. The lowest BCUT2D eigenvalue weighted by Crippen LogP contribution is -2.43. The van der Waals surface area contributed by atoms with Crippen LogP contribution < -0.4 is 5.53 Å². The molecule has 0 aliphatic carbocycles.